The average molecular weight is 355 g/mol. The van der Waals surface area contributed by atoms with Gasteiger partial charge < -0.3 is 20.5 Å². The second-order valence-electron chi connectivity index (χ2n) is 7.68. The van der Waals surface area contributed by atoms with Crippen LogP contribution in [0.2, 0.25) is 0 Å². The molecule has 7 heteroatoms. The molecule has 0 aromatic heterocycles. The first-order chi connectivity index (χ1) is 11.9. The molecular weight excluding hydrogens is 322 g/mol. The Balaban J connectivity index is 1.63. The van der Waals surface area contributed by atoms with E-state index in [-0.39, 0.29) is 24.7 Å². The van der Waals surface area contributed by atoms with Gasteiger partial charge in [0.15, 0.2) is 0 Å². The van der Waals surface area contributed by atoms with Crippen molar-refractivity contribution in [3.63, 3.8) is 0 Å². The highest BCUT2D eigenvalue weighted by molar-refractivity contribution is 5.74. The van der Waals surface area contributed by atoms with Crippen LogP contribution in [0.5, 0.6) is 0 Å². The van der Waals surface area contributed by atoms with Crippen LogP contribution in [0.3, 0.4) is 0 Å². The van der Waals surface area contributed by atoms with Gasteiger partial charge in [-0.2, -0.15) is 0 Å². The van der Waals surface area contributed by atoms with Crippen molar-refractivity contribution in [2.75, 3.05) is 26.2 Å². The van der Waals surface area contributed by atoms with Crippen LogP contribution in [0.15, 0.2) is 0 Å². The maximum absolute atomic E-state index is 12.1. The number of carbonyl (C=O) groups excluding carboxylic acids is 1. The average Bonchev–Trinajstić information content (AvgIpc) is 2.54. The van der Waals surface area contributed by atoms with Crippen molar-refractivity contribution in [3.05, 3.63) is 0 Å². The van der Waals surface area contributed by atoms with E-state index in [0.717, 1.165) is 38.8 Å². The lowest BCUT2D eigenvalue weighted by Gasteiger charge is -2.42. The number of ether oxygens (including phenoxy) is 1. The van der Waals surface area contributed by atoms with E-state index in [2.05, 4.69) is 24.5 Å². The number of hydrogen-bond donors (Lipinski definition) is 3. The van der Waals surface area contributed by atoms with Gasteiger partial charge in [-0.1, -0.05) is 20.8 Å². The van der Waals surface area contributed by atoms with Crippen molar-refractivity contribution in [1.29, 1.82) is 0 Å². The van der Waals surface area contributed by atoms with Crippen LogP contribution < -0.4 is 10.6 Å². The van der Waals surface area contributed by atoms with Crippen LogP contribution in [-0.2, 0) is 9.53 Å². The highest BCUT2D eigenvalue weighted by Crippen LogP contribution is 2.26. The maximum atomic E-state index is 12.1. The molecule has 144 valence electrons. The summed E-state index contributed by atoms with van der Waals surface area (Å²) in [5.41, 5.74) is 0. The normalized spacial score (nSPS) is 29.3. The second kappa shape index (κ2) is 9.38. The molecule has 2 unspecified atom stereocenters. The van der Waals surface area contributed by atoms with Crippen molar-refractivity contribution >= 4 is 12.0 Å². The number of carboxylic acids is 1. The van der Waals surface area contributed by atoms with Gasteiger partial charge in [0.1, 0.15) is 0 Å². The summed E-state index contributed by atoms with van der Waals surface area (Å²) in [6.45, 7) is 8.56. The number of nitrogens with one attached hydrogen (secondary N) is 2. The first-order valence-electron chi connectivity index (χ1n) is 9.50. The number of carboxylic acid groups (broad SMARTS) is 1. The molecule has 1 saturated heterocycles. The van der Waals surface area contributed by atoms with Crippen molar-refractivity contribution in [2.24, 2.45) is 11.8 Å². The molecule has 2 amide bonds. The van der Waals surface area contributed by atoms with Crippen LogP contribution in [0.4, 0.5) is 4.79 Å². The van der Waals surface area contributed by atoms with E-state index in [1.165, 1.54) is 0 Å². The van der Waals surface area contributed by atoms with Crippen molar-refractivity contribution < 1.29 is 19.4 Å². The molecule has 0 spiro atoms. The van der Waals surface area contributed by atoms with Gasteiger partial charge in [-0.3, -0.25) is 9.69 Å². The molecule has 1 heterocycles. The number of rotatable bonds is 8. The molecular formula is C18H33N3O4. The van der Waals surface area contributed by atoms with Crippen LogP contribution in [-0.4, -0.2) is 66.4 Å². The molecule has 2 rings (SSSR count). The summed E-state index contributed by atoms with van der Waals surface area (Å²) in [6, 6.07) is 0.289. The third kappa shape index (κ3) is 6.15. The summed E-state index contributed by atoms with van der Waals surface area (Å²) in [6.07, 6.45) is 3.94. The lowest BCUT2D eigenvalue weighted by atomic mass is 9.85. The summed E-state index contributed by atoms with van der Waals surface area (Å²) in [7, 11) is 0. The first kappa shape index (κ1) is 20.0. The number of carbonyl (C=O) groups is 2. The van der Waals surface area contributed by atoms with Gasteiger partial charge in [0, 0.05) is 25.2 Å². The van der Waals surface area contributed by atoms with Gasteiger partial charge in [0.05, 0.1) is 12.6 Å². The molecule has 0 aromatic rings. The standard InChI is InChI=1S/C18H33N3O4/c1-4-21(11-17(22)23)15-8-14(9-15)20-18(24)19-10-13-5-6-25-16(7-13)12(2)3/h12-16H,4-11H2,1-3H3,(H,22,23)(H2,19,20,24). The maximum Gasteiger partial charge on any atom is 0.317 e. The molecule has 1 saturated carbocycles. The van der Waals surface area contributed by atoms with Crippen LogP contribution in [0, 0.1) is 11.8 Å². The molecule has 1 aliphatic heterocycles. The number of aliphatic carboxylic acids is 1. The Morgan fingerprint density at radius 1 is 1.28 bits per heavy atom. The van der Waals surface area contributed by atoms with E-state index in [1.54, 1.807) is 0 Å². The Morgan fingerprint density at radius 3 is 2.60 bits per heavy atom. The monoisotopic (exact) mass is 355 g/mol. The largest absolute Gasteiger partial charge is 0.480 e. The molecule has 0 aromatic carbocycles. The number of nitrogens with zero attached hydrogens (tertiary/aromatic N) is 1. The van der Waals surface area contributed by atoms with Gasteiger partial charge in [0.2, 0.25) is 0 Å². The van der Waals surface area contributed by atoms with E-state index in [1.807, 2.05) is 11.8 Å². The Kier molecular flexibility index (Phi) is 7.50. The molecule has 1 aliphatic carbocycles. The first-order valence-corrected chi connectivity index (χ1v) is 9.50. The molecule has 2 aliphatic rings. The zero-order chi connectivity index (χ0) is 18.4. The van der Waals surface area contributed by atoms with Crippen molar-refractivity contribution in [2.45, 2.75) is 64.6 Å². The van der Waals surface area contributed by atoms with Gasteiger partial charge in [-0.25, -0.2) is 4.79 Å². The van der Waals surface area contributed by atoms with E-state index in [9.17, 15) is 9.59 Å². The third-order valence-electron chi connectivity index (χ3n) is 5.43. The fraction of sp³-hybridized carbons (Fsp3) is 0.889. The SMILES string of the molecule is CCN(CC(=O)O)C1CC(NC(=O)NCC2CCOC(C(C)C)C2)C1. The Morgan fingerprint density at radius 2 is 2.00 bits per heavy atom. The number of likely N-dealkylation sites (N-methyl/N-ethyl adjacent to an activating group) is 1. The summed E-state index contributed by atoms with van der Waals surface area (Å²) in [5.74, 6) is 0.190. The van der Waals surface area contributed by atoms with E-state index >= 15 is 0 Å². The fourth-order valence-corrected chi connectivity index (χ4v) is 3.70. The molecule has 25 heavy (non-hydrogen) atoms. The third-order valence-corrected chi connectivity index (χ3v) is 5.43. The van der Waals surface area contributed by atoms with Crippen LogP contribution in [0.1, 0.15) is 46.5 Å². The van der Waals surface area contributed by atoms with Crippen molar-refractivity contribution in [3.8, 4) is 0 Å². The Labute approximate surface area is 150 Å². The summed E-state index contributed by atoms with van der Waals surface area (Å²) >= 11 is 0. The van der Waals surface area contributed by atoms with Crippen LogP contribution >= 0.6 is 0 Å². The smallest absolute Gasteiger partial charge is 0.317 e. The number of hydrogen-bond acceptors (Lipinski definition) is 4. The topological polar surface area (TPSA) is 90.9 Å². The summed E-state index contributed by atoms with van der Waals surface area (Å²) in [4.78, 5) is 24.9. The van der Waals surface area contributed by atoms with E-state index in [4.69, 9.17) is 9.84 Å². The number of urea groups is 1. The lowest BCUT2D eigenvalue weighted by Crippen LogP contribution is -2.56. The predicted octanol–water partition coefficient (Wildman–Crippen LogP) is 1.67. The predicted molar refractivity (Wildman–Crippen MR) is 95.5 cm³/mol. The minimum Gasteiger partial charge on any atom is -0.480 e. The Bertz CT molecular complexity index is 452. The van der Waals surface area contributed by atoms with E-state index in [0.29, 0.717) is 24.5 Å². The summed E-state index contributed by atoms with van der Waals surface area (Å²) < 4.78 is 5.76. The zero-order valence-corrected chi connectivity index (χ0v) is 15.7. The highest BCUT2D eigenvalue weighted by atomic mass is 16.5. The second-order valence-corrected chi connectivity index (χ2v) is 7.68. The van der Waals surface area contributed by atoms with Gasteiger partial charge in [0.25, 0.3) is 0 Å². The molecule has 0 radical (unpaired) electrons. The molecule has 2 atom stereocenters. The van der Waals surface area contributed by atoms with Gasteiger partial charge in [-0.05, 0) is 44.1 Å². The van der Waals surface area contributed by atoms with Gasteiger partial charge >= 0.3 is 12.0 Å². The fourth-order valence-electron chi connectivity index (χ4n) is 3.70. The molecule has 7 nitrogen and oxygen atoms in total. The lowest BCUT2D eigenvalue weighted by molar-refractivity contribution is -0.139. The minimum atomic E-state index is -0.799. The van der Waals surface area contributed by atoms with E-state index < -0.39 is 5.97 Å². The highest BCUT2D eigenvalue weighted by Gasteiger charge is 2.34. The summed E-state index contributed by atoms with van der Waals surface area (Å²) in [5, 5.41) is 14.9. The van der Waals surface area contributed by atoms with Crippen molar-refractivity contribution in [1.82, 2.24) is 15.5 Å². The molecule has 2 fully saturated rings. The van der Waals surface area contributed by atoms with Gasteiger partial charge in [-0.15, -0.1) is 0 Å². The molecule has 0 bridgehead atoms. The van der Waals surface area contributed by atoms with Crippen LogP contribution in [0.25, 0.3) is 0 Å². The minimum absolute atomic E-state index is 0.0703. The Hall–Kier alpha value is -1.34. The number of amides is 2. The zero-order valence-electron chi connectivity index (χ0n) is 15.7. The quantitative estimate of drug-likeness (QED) is 0.616. The molecule has 3 N–H and O–H groups in total.